The number of rotatable bonds is 4. The Morgan fingerprint density at radius 1 is 0.619 bits per heavy atom. The molecule has 104 valence electrons. The predicted octanol–water partition coefficient (Wildman–Crippen LogP) is 4.84. The Morgan fingerprint density at radius 2 is 1.29 bits per heavy atom. The van der Waals surface area contributed by atoms with Crippen molar-refractivity contribution >= 4 is 0 Å². The van der Waals surface area contributed by atoms with Gasteiger partial charge in [-0.05, 0) is 35.6 Å². The number of phenols is 1. The fourth-order valence-electron chi connectivity index (χ4n) is 2.66. The summed E-state index contributed by atoms with van der Waals surface area (Å²) in [6.07, 6.45) is 1.90. The zero-order valence-electron chi connectivity index (χ0n) is 11.9. The van der Waals surface area contributed by atoms with Crippen molar-refractivity contribution < 1.29 is 5.11 Å². The van der Waals surface area contributed by atoms with Gasteiger partial charge in [-0.1, -0.05) is 72.8 Å². The van der Waals surface area contributed by atoms with E-state index in [0.717, 1.165) is 24.0 Å². The van der Waals surface area contributed by atoms with Crippen LogP contribution >= 0.6 is 0 Å². The number of hydrogen-bond acceptors (Lipinski definition) is 1. The van der Waals surface area contributed by atoms with Crippen LogP contribution in [0.1, 0.15) is 11.1 Å². The molecule has 1 N–H and O–H groups in total. The molecule has 0 aromatic heterocycles. The van der Waals surface area contributed by atoms with E-state index in [4.69, 9.17) is 0 Å². The molecule has 0 aliphatic heterocycles. The zero-order valence-corrected chi connectivity index (χ0v) is 11.9. The maximum absolute atomic E-state index is 10.2. The average Bonchev–Trinajstić information content (AvgIpc) is 2.55. The van der Waals surface area contributed by atoms with Crippen LogP contribution in [0, 0.1) is 0 Å². The third-order valence-corrected chi connectivity index (χ3v) is 3.72. The Morgan fingerprint density at radius 3 is 2.00 bits per heavy atom. The zero-order chi connectivity index (χ0) is 14.5. The second-order valence-corrected chi connectivity index (χ2v) is 5.16. The first-order valence-corrected chi connectivity index (χ1v) is 7.25. The van der Waals surface area contributed by atoms with Gasteiger partial charge in [0.15, 0.2) is 0 Å². The van der Waals surface area contributed by atoms with Crippen LogP contribution in [0.25, 0.3) is 11.1 Å². The Kier molecular flexibility index (Phi) is 4.02. The van der Waals surface area contributed by atoms with Gasteiger partial charge in [0.05, 0.1) is 0 Å². The summed E-state index contributed by atoms with van der Waals surface area (Å²) in [6, 6.07) is 26.3. The van der Waals surface area contributed by atoms with Crippen molar-refractivity contribution in [2.24, 2.45) is 0 Å². The third-order valence-electron chi connectivity index (χ3n) is 3.72. The molecule has 0 radical (unpaired) electrons. The van der Waals surface area contributed by atoms with Crippen molar-refractivity contribution in [3.8, 4) is 16.9 Å². The summed E-state index contributed by atoms with van der Waals surface area (Å²) in [5.74, 6) is 0.353. The maximum atomic E-state index is 10.2. The maximum Gasteiger partial charge on any atom is 0.123 e. The summed E-state index contributed by atoms with van der Waals surface area (Å²) < 4.78 is 0. The van der Waals surface area contributed by atoms with Crippen molar-refractivity contribution in [1.29, 1.82) is 0 Å². The smallest absolute Gasteiger partial charge is 0.123 e. The summed E-state index contributed by atoms with van der Waals surface area (Å²) in [4.78, 5) is 0. The van der Waals surface area contributed by atoms with Crippen LogP contribution in [0.15, 0.2) is 78.9 Å². The second kappa shape index (κ2) is 6.27. The minimum absolute atomic E-state index is 0.353. The summed E-state index contributed by atoms with van der Waals surface area (Å²) >= 11 is 0. The molecule has 21 heavy (non-hydrogen) atoms. The molecular weight excluding hydrogens is 256 g/mol. The first kappa shape index (κ1) is 13.4. The van der Waals surface area contributed by atoms with E-state index in [1.165, 1.54) is 11.1 Å². The molecule has 1 heteroatoms. The molecule has 0 amide bonds. The molecule has 3 aromatic rings. The highest BCUT2D eigenvalue weighted by Gasteiger charge is 2.09. The first-order valence-electron chi connectivity index (χ1n) is 7.25. The molecule has 0 aliphatic carbocycles. The third kappa shape index (κ3) is 3.14. The van der Waals surface area contributed by atoms with Crippen molar-refractivity contribution in [3.63, 3.8) is 0 Å². The van der Waals surface area contributed by atoms with E-state index >= 15 is 0 Å². The van der Waals surface area contributed by atoms with Gasteiger partial charge in [-0.25, -0.2) is 0 Å². The van der Waals surface area contributed by atoms with E-state index in [0.29, 0.717) is 5.75 Å². The fraction of sp³-hybridized carbons (Fsp3) is 0.100. The first-order chi connectivity index (χ1) is 10.3. The van der Waals surface area contributed by atoms with E-state index in [1.54, 1.807) is 6.07 Å². The van der Waals surface area contributed by atoms with E-state index in [9.17, 15) is 5.11 Å². The van der Waals surface area contributed by atoms with Crippen LogP contribution in [0.5, 0.6) is 5.75 Å². The topological polar surface area (TPSA) is 20.2 Å². The lowest BCUT2D eigenvalue weighted by Gasteiger charge is -2.12. The molecule has 3 rings (SSSR count). The van der Waals surface area contributed by atoms with Crippen molar-refractivity contribution in [2.75, 3.05) is 0 Å². The quantitative estimate of drug-likeness (QED) is 0.721. The minimum Gasteiger partial charge on any atom is -0.507 e. The minimum atomic E-state index is 0.353. The number of phenolic OH excluding ortho intramolecular Hbond substituents is 1. The lowest BCUT2D eigenvalue weighted by atomic mass is 9.94. The standard InChI is InChI=1S/C20H18O/c21-19-13-7-12-18(15-14-16-8-3-1-4-9-16)20(19)17-10-5-2-6-11-17/h1-13,21H,14-15H2. The van der Waals surface area contributed by atoms with Crippen molar-refractivity contribution in [2.45, 2.75) is 12.8 Å². The van der Waals surface area contributed by atoms with Crippen LogP contribution in [0.3, 0.4) is 0 Å². The molecule has 0 aliphatic rings. The van der Waals surface area contributed by atoms with Gasteiger partial charge in [-0.3, -0.25) is 0 Å². The number of benzene rings is 3. The van der Waals surface area contributed by atoms with Gasteiger partial charge < -0.3 is 5.11 Å². The molecule has 0 unspecified atom stereocenters. The predicted molar refractivity (Wildman–Crippen MR) is 87.4 cm³/mol. The van der Waals surface area contributed by atoms with Gasteiger partial charge in [0, 0.05) is 5.56 Å². The van der Waals surface area contributed by atoms with Gasteiger partial charge >= 0.3 is 0 Å². The van der Waals surface area contributed by atoms with Crippen LogP contribution in [-0.2, 0) is 12.8 Å². The highest BCUT2D eigenvalue weighted by Crippen LogP contribution is 2.33. The van der Waals surface area contributed by atoms with E-state index in [-0.39, 0.29) is 0 Å². The van der Waals surface area contributed by atoms with Crippen LogP contribution in [0.2, 0.25) is 0 Å². The molecule has 0 atom stereocenters. The molecule has 0 saturated heterocycles. The lowest BCUT2D eigenvalue weighted by Crippen LogP contribution is -1.94. The molecule has 1 nitrogen and oxygen atoms in total. The van der Waals surface area contributed by atoms with Crippen LogP contribution in [-0.4, -0.2) is 5.11 Å². The molecule has 0 saturated carbocycles. The van der Waals surface area contributed by atoms with Gasteiger partial charge in [-0.2, -0.15) is 0 Å². The summed E-state index contributed by atoms with van der Waals surface area (Å²) in [7, 11) is 0. The van der Waals surface area contributed by atoms with Crippen molar-refractivity contribution in [1.82, 2.24) is 0 Å². The number of hydrogen-bond donors (Lipinski definition) is 1. The van der Waals surface area contributed by atoms with E-state index in [1.807, 2.05) is 42.5 Å². The van der Waals surface area contributed by atoms with Gasteiger partial charge in [0.25, 0.3) is 0 Å². The normalized spacial score (nSPS) is 10.5. The molecule has 3 aromatic carbocycles. The highest BCUT2D eigenvalue weighted by atomic mass is 16.3. The molecule has 0 fully saturated rings. The SMILES string of the molecule is Oc1cccc(CCc2ccccc2)c1-c1ccccc1. The van der Waals surface area contributed by atoms with Crippen LogP contribution < -0.4 is 0 Å². The Hall–Kier alpha value is -2.54. The lowest BCUT2D eigenvalue weighted by molar-refractivity contribution is 0.476. The van der Waals surface area contributed by atoms with E-state index < -0.39 is 0 Å². The van der Waals surface area contributed by atoms with Gasteiger partial charge in [0.2, 0.25) is 0 Å². The summed E-state index contributed by atoms with van der Waals surface area (Å²) in [5, 5.41) is 10.2. The average molecular weight is 274 g/mol. The highest BCUT2D eigenvalue weighted by molar-refractivity contribution is 5.73. The Bertz CT molecular complexity index is 702. The molecule has 0 heterocycles. The Labute approximate surface area is 125 Å². The molecule has 0 bridgehead atoms. The summed E-state index contributed by atoms with van der Waals surface area (Å²) in [6.45, 7) is 0. The Balaban J connectivity index is 1.91. The fourth-order valence-corrected chi connectivity index (χ4v) is 2.66. The number of aromatic hydroxyl groups is 1. The molecular formula is C20H18O. The second-order valence-electron chi connectivity index (χ2n) is 5.16. The molecule has 0 spiro atoms. The van der Waals surface area contributed by atoms with Crippen LogP contribution in [0.4, 0.5) is 0 Å². The van der Waals surface area contributed by atoms with Crippen molar-refractivity contribution in [3.05, 3.63) is 90.0 Å². The number of aryl methyl sites for hydroxylation is 2. The van der Waals surface area contributed by atoms with E-state index in [2.05, 4.69) is 30.3 Å². The largest absolute Gasteiger partial charge is 0.507 e. The summed E-state index contributed by atoms with van der Waals surface area (Å²) in [5.41, 5.74) is 4.53. The van der Waals surface area contributed by atoms with Gasteiger partial charge in [-0.15, -0.1) is 0 Å². The van der Waals surface area contributed by atoms with Gasteiger partial charge in [0.1, 0.15) is 5.75 Å². The monoisotopic (exact) mass is 274 g/mol.